The van der Waals surface area contributed by atoms with Gasteiger partial charge in [0, 0.05) is 0 Å². The van der Waals surface area contributed by atoms with Crippen molar-refractivity contribution in [3.05, 3.63) is 12.2 Å². The molecule has 1 atom stereocenters. The maximum Gasteiger partial charge on any atom is 0.309 e. The van der Waals surface area contributed by atoms with E-state index in [9.17, 15) is 9.59 Å². The summed E-state index contributed by atoms with van der Waals surface area (Å²) in [5.41, 5.74) is 0. The molecule has 0 bridgehead atoms. The van der Waals surface area contributed by atoms with E-state index >= 15 is 0 Å². The highest BCUT2D eigenvalue weighted by atomic mass is 16.5. The van der Waals surface area contributed by atoms with Crippen molar-refractivity contribution in [1.29, 1.82) is 0 Å². The highest BCUT2D eigenvalue weighted by Gasteiger charge is 2.22. The maximum atomic E-state index is 12.0. The van der Waals surface area contributed by atoms with Gasteiger partial charge in [0.25, 0.3) is 0 Å². The van der Waals surface area contributed by atoms with Crippen molar-refractivity contribution in [2.45, 2.75) is 200 Å². The molecule has 0 aliphatic rings. The maximum absolute atomic E-state index is 12.0. The number of aliphatic carboxylic acids is 1. The summed E-state index contributed by atoms with van der Waals surface area (Å²) in [5, 5.41) is 9.05. The Kier molecular flexibility index (Phi) is 32.1. The van der Waals surface area contributed by atoms with E-state index in [0.29, 0.717) is 13.0 Å². The summed E-state index contributed by atoms with van der Waals surface area (Å²) >= 11 is 0. The van der Waals surface area contributed by atoms with Gasteiger partial charge in [-0.1, -0.05) is 174 Å². The first-order chi connectivity index (χ1) is 20.1. The second kappa shape index (κ2) is 33.2. The highest BCUT2D eigenvalue weighted by molar-refractivity contribution is 5.79. The van der Waals surface area contributed by atoms with Gasteiger partial charge in [0.1, 0.15) is 0 Å². The first-order valence-corrected chi connectivity index (χ1v) is 18.1. The molecule has 0 rings (SSSR count). The molecule has 0 fully saturated rings. The molecule has 1 N–H and O–H groups in total. The molecular weight excluding hydrogens is 508 g/mol. The zero-order valence-electron chi connectivity index (χ0n) is 27.6. The predicted octanol–water partition coefficient (Wildman–Crippen LogP) is 12.1. The lowest BCUT2D eigenvalue weighted by Gasteiger charge is -2.13. The topological polar surface area (TPSA) is 63.6 Å². The molecule has 41 heavy (non-hydrogen) atoms. The van der Waals surface area contributed by atoms with Crippen LogP contribution in [0.25, 0.3) is 0 Å². The monoisotopic (exact) mass is 579 g/mol. The Bertz CT molecular complexity index is 585. The predicted molar refractivity (Wildman–Crippen MR) is 176 cm³/mol. The Morgan fingerprint density at radius 3 is 1.27 bits per heavy atom. The molecule has 0 saturated heterocycles. The molecule has 4 heteroatoms. The number of carboxylic acids is 1. The van der Waals surface area contributed by atoms with Gasteiger partial charge in [-0.3, -0.25) is 9.59 Å². The quantitative estimate of drug-likeness (QED) is 0.0478. The molecule has 0 aliphatic heterocycles. The van der Waals surface area contributed by atoms with Gasteiger partial charge >= 0.3 is 11.9 Å². The summed E-state index contributed by atoms with van der Waals surface area (Å²) in [7, 11) is 0. The average molecular weight is 579 g/mol. The van der Waals surface area contributed by atoms with Crippen LogP contribution < -0.4 is 0 Å². The number of hydrogen-bond donors (Lipinski definition) is 1. The van der Waals surface area contributed by atoms with Crippen LogP contribution in [0, 0.1) is 5.92 Å². The second-order valence-corrected chi connectivity index (χ2v) is 12.4. The minimum atomic E-state index is -0.914. The van der Waals surface area contributed by atoms with E-state index in [0.717, 1.165) is 19.3 Å². The molecule has 4 nitrogen and oxygen atoms in total. The molecule has 0 saturated carbocycles. The summed E-state index contributed by atoms with van der Waals surface area (Å²) in [6, 6.07) is 0. The number of hydrogen-bond acceptors (Lipinski definition) is 3. The molecule has 0 spiro atoms. The number of carbonyl (C=O) groups is 2. The number of esters is 1. The van der Waals surface area contributed by atoms with Gasteiger partial charge in [0.15, 0.2) is 0 Å². The highest BCUT2D eigenvalue weighted by Crippen LogP contribution is 2.19. The molecule has 0 aliphatic carbocycles. The standard InChI is InChI=1S/C37H70O4/c1-3-5-6-7-8-9-10-11-12-13-14-15-16-17-18-19-20-21-22-23-24-25-26-27-28-29-30-31-32-35(34-36(38)39)37(40)41-33-4-2/h6-7,35H,3-5,8-34H2,1-2H3,(H,38,39)/b7-6+. The van der Waals surface area contributed by atoms with E-state index < -0.39 is 11.9 Å². The average Bonchev–Trinajstić information content (AvgIpc) is 2.96. The van der Waals surface area contributed by atoms with Crippen molar-refractivity contribution in [2.24, 2.45) is 5.92 Å². The summed E-state index contributed by atoms with van der Waals surface area (Å²) < 4.78 is 5.16. The molecule has 0 amide bonds. The van der Waals surface area contributed by atoms with E-state index in [4.69, 9.17) is 9.84 Å². The number of carbonyl (C=O) groups excluding carboxylic acids is 1. The molecule has 0 heterocycles. The van der Waals surface area contributed by atoms with E-state index in [1.54, 1.807) is 0 Å². The molecule has 0 aromatic heterocycles. The van der Waals surface area contributed by atoms with Crippen molar-refractivity contribution in [2.75, 3.05) is 6.61 Å². The van der Waals surface area contributed by atoms with E-state index in [1.165, 1.54) is 154 Å². The number of ether oxygens (including phenoxy) is 1. The summed E-state index contributed by atoms with van der Waals surface area (Å²) in [5.74, 6) is -1.73. The van der Waals surface area contributed by atoms with Crippen LogP contribution >= 0.6 is 0 Å². The van der Waals surface area contributed by atoms with Crippen LogP contribution in [0.2, 0.25) is 0 Å². The zero-order valence-corrected chi connectivity index (χ0v) is 27.6. The Morgan fingerprint density at radius 2 is 0.902 bits per heavy atom. The van der Waals surface area contributed by atoms with Crippen LogP contribution in [0.5, 0.6) is 0 Å². The van der Waals surface area contributed by atoms with Crippen molar-refractivity contribution >= 4 is 11.9 Å². The molecular formula is C37H70O4. The van der Waals surface area contributed by atoms with Crippen molar-refractivity contribution < 1.29 is 19.4 Å². The Labute approximate surface area is 255 Å². The van der Waals surface area contributed by atoms with Crippen molar-refractivity contribution in [3.63, 3.8) is 0 Å². The van der Waals surface area contributed by atoms with Gasteiger partial charge in [-0.15, -0.1) is 0 Å². The van der Waals surface area contributed by atoms with Gasteiger partial charge in [-0.25, -0.2) is 0 Å². The van der Waals surface area contributed by atoms with Crippen LogP contribution in [-0.2, 0) is 14.3 Å². The molecule has 242 valence electrons. The molecule has 0 aromatic rings. The minimum absolute atomic E-state index is 0.110. The van der Waals surface area contributed by atoms with Crippen LogP contribution in [-0.4, -0.2) is 23.7 Å². The van der Waals surface area contributed by atoms with E-state index in [-0.39, 0.29) is 12.4 Å². The van der Waals surface area contributed by atoms with E-state index in [1.807, 2.05) is 6.92 Å². The zero-order chi connectivity index (χ0) is 30.1. The third-order valence-corrected chi connectivity index (χ3v) is 8.25. The summed E-state index contributed by atoms with van der Waals surface area (Å²) in [6.45, 7) is 4.57. The fourth-order valence-electron chi connectivity index (χ4n) is 5.60. The summed E-state index contributed by atoms with van der Waals surface area (Å²) in [6.07, 6.45) is 41.0. The number of unbranched alkanes of at least 4 members (excludes halogenated alkanes) is 24. The van der Waals surface area contributed by atoms with Gasteiger partial charge in [-0.2, -0.15) is 0 Å². The number of rotatable bonds is 33. The smallest absolute Gasteiger partial charge is 0.309 e. The third-order valence-electron chi connectivity index (χ3n) is 8.25. The molecule has 0 radical (unpaired) electrons. The normalized spacial score (nSPS) is 12.2. The van der Waals surface area contributed by atoms with Gasteiger partial charge in [-0.05, 0) is 32.1 Å². The minimum Gasteiger partial charge on any atom is -0.481 e. The number of allylic oxidation sites excluding steroid dienone is 2. The lowest BCUT2D eigenvalue weighted by atomic mass is 9.97. The van der Waals surface area contributed by atoms with E-state index in [2.05, 4.69) is 19.1 Å². The first kappa shape index (κ1) is 39.7. The largest absolute Gasteiger partial charge is 0.481 e. The lowest BCUT2D eigenvalue weighted by Crippen LogP contribution is -2.21. The van der Waals surface area contributed by atoms with Crippen LogP contribution in [0.3, 0.4) is 0 Å². The fourth-order valence-corrected chi connectivity index (χ4v) is 5.60. The van der Waals surface area contributed by atoms with Crippen LogP contribution in [0.4, 0.5) is 0 Å². The third kappa shape index (κ3) is 31.4. The Hall–Kier alpha value is -1.32. The Morgan fingerprint density at radius 1 is 0.537 bits per heavy atom. The SMILES string of the molecule is CCC/C=C/CCCCCCCCCCCCCCCCCCCCCCCCCC(CC(=O)O)C(=O)OCCC. The van der Waals surface area contributed by atoms with Gasteiger partial charge < -0.3 is 9.84 Å². The fraction of sp³-hybridized carbons (Fsp3) is 0.892. The van der Waals surface area contributed by atoms with Crippen LogP contribution in [0.15, 0.2) is 12.2 Å². The Balaban J connectivity index is 3.29. The van der Waals surface area contributed by atoms with Crippen LogP contribution in [0.1, 0.15) is 200 Å². The number of carboxylic acid groups (broad SMARTS) is 1. The van der Waals surface area contributed by atoms with Gasteiger partial charge in [0.2, 0.25) is 0 Å². The second-order valence-electron chi connectivity index (χ2n) is 12.4. The lowest BCUT2D eigenvalue weighted by molar-refractivity contribution is -0.153. The summed E-state index contributed by atoms with van der Waals surface area (Å²) in [4.78, 5) is 23.1. The van der Waals surface area contributed by atoms with Crippen molar-refractivity contribution in [1.82, 2.24) is 0 Å². The molecule has 1 unspecified atom stereocenters. The van der Waals surface area contributed by atoms with Crippen molar-refractivity contribution in [3.8, 4) is 0 Å². The molecule has 0 aromatic carbocycles. The first-order valence-electron chi connectivity index (χ1n) is 18.1. The van der Waals surface area contributed by atoms with Gasteiger partial charge in [0.05, 0.1) is 18.9 Å².